The van der Waals surface area contributed by atoms with E-state index >= 15 is 0 Å². The highest BCUT2D eigenvalue weighted by Crippen LogP contribution is 2.41. The maximum Gasteiger partial charge on any atom is 0.251 e. The summed E-state index contributed by atoms with van der Waals surface area (Å²) in [7, 11) is -3.11. The van der Waals surface area contributed by atoms with Crippen LogP contribution in [-0.4, -0.2) is 42.3 Å². The third-order valence-corrected chi connectivity index (χ3v) is 7.92. The molecule has 0 N–H and O–H groups in total. The van der Waals surface area contributed by atoms with Crippen LogP contribution in [0.4, 0.5) is 10.1 Å². The minimum atomic E-state index is -3.11. The number of benzene rings is 1. The molecule has 3 rings (SSSR count). The molecule has 0 aromatic heterocycles. The number of nitrogens with zero attached hydrogens (tertiary/aromatic N) is 2. The highest BCUT2D eigenvalue weighted by Gasteiger charge is 2.49. The Morgan fingerprint density at radius 3 is 2.52 bits per heavy atom. The Kier molecular flexibility index (Phi) is 5.20. The predicted molar refractivity (Wildman–Crippen MR) is 99.2 cm³/mol. The number of sulfone groups is 1. The van der Waals surface area contributed by atoms with Crippen molar-refractivity contribution < 1.29 is 17.6 Å². The molecular formula is C17H21FN2O3S2. The van der Waals surface area contributed by atoms with Crippen molar-refractivity contribution in [3.05, 3.63) is 30.1 Å². The molecule has 0 bridgehead atoms. The molecule has 2 fully saturated rings. The number of hydrogen-bond acceptors (Lipinski definition) is 4. The van der Waals surface area contributed by atoms with Crippen LogP contribution in [0, 0.1) is 11.7 Å². The number of rotatable bonds is 4. The van der Waals surface area contributed by atoms with E-state index in [1.54, 1.807) is 17.0 Å². The predicted octanol–water partition coefficient (Wildman–Crippen LogP) is 2.86. The molecule has 25 heavy (non-hydrogen) atoms. The van der Waals surface area contributed by atoms with Crippen molar-refractivity contribution in [1.29, 1.82) is 0 Å². The number of amides is 1. The molecule has 8 heteroatoms. The number of carbonyl (C=O) groups excluding carboxylic acids is 1. The van der Waals surface area contributed by atoms with Gasteiger partial charge in [-0.3, -0.25) is 4.79 Å². The number of thioether (sulfide) groups is 1. The Morgan fingerprint density at radius 2 is 1.92 bits per heavy atom. The average molecular weight is 384 g/mol. The lowest BCUT2D eigenvalue weighted by Gasteiger charge is -2.24. The van der Waals surface area contributed by atoms with E-state index in [0.717, 1.165) is 0 Å². The first kappa shape index (κ1) is 18.4. The highest BCUT2D eigenvalue weighted by molar-refractivity contribution is 8.16. The Bertz CT molecular complexity index is 789. The normalized spacial score (nSPS) is 26.4. The third kappa shape index (κ3) is 3.74. The molecule has 1 amide bonds. The molecule has 5 nitrogen and oxygen atoms in total. The van der Waals surface area contributed by atoms with Crippen molar-refractivity contribution in [2.45, 2.75) is 38.0 Å². The zero-order valence-electron chi connectivity index (χ0n) is 14.2. The van der Waals surface area contributed by atoms with E-state index in [9.17, 15) is 17.6 Å². The van der Waals surface area contributed by atoms with Crippen LogP contribution in [-0.2, 0) is 14.6 Å². The first-order valence-electron chi connectivity index (χ1n) is 8.39. The maximum atomic E-state index is 13.3. The lowest BCUT2D eigenvalue weighted by Crippen LogP contribution is -2.37. The second kappa shape index (κ2) is 7.07. The van der Waals surface area contributed by atoms with Crippen molar-refractivity contribution in [2.75, 3.05) is 16.4 Å². The van der Waals surface area contributed by atoms with Gasteiger partial charge in [-0.15, -0.1) is 0 Å². The lowest BCUT2D eigenvalue weighted by molar-refractivity contribution is -0.121. The molecule has 2 heterocycles. The number of anilines is 1. The van der Waals surface area contributed by atoms with Gasteiger partial charge < -0.3 is 4.90 Å². The standard InChI is InChI=1S/C17H21FN2O3S2/c1-3-11(4-2)16(21)19-17-20(13-7-5-12(18)6-8-13)14-9-25(22,23)10-15(14)24-17/h5-8,11,14-15H,3-4,9-10H2,1-2H3/t14-,15-/m1/s1. The molecule has 0 radical (unpaired) electrons. The molecule has 0 aliphatic carbocycles. The molecule has 0 spiro atoms. The SMILES string of the molecule is CCC(CC)C(=O)N=C1S[C@@H]2CS(=O)(=O)C[C@H]2N1c1ccc(F)cc1. The van der Waals surface area contributed by atoms with Crippen LogP contribution in [0.3, 0.4) is 0 Å². The summed E-state index contributed by atoms with van der Waals surface area (Å²) in [5.74, 6) is -0.564. The van der Waals surface area contributed by atoms with Gasteiger partial charge >= 0.3 is 0 Å². The fourth-order valence-electron chi connectivity index (χ4n) is 3.29. The van der Waals surface area contributed by atoms with E-state index in [-0.39, 0.29) is 40.4 Å². The summed E-state index contributed by atoms with van der Waals surface area (Å²) in [6.07, 6.45) is 1.43. The van der Waals surface area contributed by atoms with Gasteiger partial charge in [0.25, 0.3) is 5.91 Å². The summed E-state index contributed by atoms with van der Waals surface area (Å²) < 4.78 is 37.3. The zero-order chi connectivity index (χ0) is 18.2. The Morgan fingerprint density at radius 1 is 1.28 bits per heavy atom. The Hall–Kier alpha value is -1.41. The number of carbonyl (C=O) groups is 1. The van der Waals surface area contributed by atoms with Gasteiger partial charge in [-0.1, -0.05) is 25.6 Å². The topological polar surface area (TPSA) is 66.8 Å². The Labute approximate surface area is 151 Å². The smallest absolute Gasteiger partial charge is 0.251 e. The van der Waals surface area contributed by atoms with E-state index in [0.29, 0.717) is 23.7 Å². The van der Waals surface area contributed by atoms with Crippen LogP contribution in [0.2, 0.25) is 0 Å². The molecule has 2 atom stereocenters. The number of halogens is 1. The number of amidine groups is 1. The van der Waals surface area contributed by atoms with Gasteiger partial charge in [-0.05, 0) is 37.1 Å². The van der Waals surface area contributed by atoms with Gasteiger partial charge in [0, 0.05) is 16.9 Å². The molecular weight excluding hydrogens is 363 g/mol. The molecule has 0 unspecified atom stereocenters. The summed E-state index contributed by atoms with van der Waals surface area (Å²) in [4.78, 5) is 18.5. The lowest BCUT2D eigenvalue weighted by atomic mass is 10.0. The van der Waals surface area contributed by atoms with E-state index in [2.05, 4.69) is 4.99 Å². The number of hydrogen-bond donors (Lipinski definition) is 0. The maximum absolute atomic E-state index is 13.3. The van der Waals surface area contributed by atoms with Crippen molar-refractivity contribution >= 4 is 38.4 Å². The fraction of sp³-hybridized carbons (Fsp3) is 0.529. The third-order valence-electron chi connectivity index (χ3n) is 4.71. The van der Waals surface area contributed by atoms with Crippen LogP contribution in [0.5, 0.6) is 0 Å². The van der Waals surface area contributed by atoms with Gasteiger partial charge in [0.15, 0.2) is 15.0 Å². The summed E-state index contributed by atoms with van der Waals surface area (Å²) in [6.45, 7) is 3.90. The number of fused-ring (bicyclic) bond motifs is 1. The van der Waals surface area contributed by atoms with Gasteiger partial charge in [-0.2, -0.15) is 4.99 Å². The Balaban J connectivity index is 1.97. The van der Waals surface area contributed by atoms with Gasteiger partial charge in [0.05, 0.1) is 17.5 Å². The molecule has 2 aliphatic rings. The van der Waals surface area contributed by atoms with E-state index < -0.39 is 9.84 Å². The van der Waals surface area contributed by atoms with E-state index in [1.807, 2.05) is 13.8 Å². The van der Waals surface area contributed by atoms with Gasteiger partial charge in [-0.25, -0.2) is 12.8 Å². The molecule has 2 saturated heterocycles. The summed E-state index contributed by atoms with van der Waals surface area (Å²) in [6, 6.07) is 5.59. The van der Waals surface area contributed by atoms with Crippen molar-refractivity contribution in [3.8, 4) is 0 Å². The second-order valence-electron chi connectivity index (χ2n) is 6.39. The highest BCUT2D eigenvalue weighted by atomic mass is 32.2. The first-order chi connectivity index (χ1) is 11.8. The van der Waals surface area contributed by atoms with Crippen LogP contribution in [0.1, 0.15) is 26.7 Å². The first-order valence-corrected chi connectivity index (χ1v) is 11.1. The minimum absolute atomic E-state index is 0.0280. The molecule has 1 aromatic rings. The molecule has 2 aliphatic heterocycles. The molecule has 1 aromatic carbocycles. The van der Waals surface area contributed by atoms with Crippen LogP contribution < -0.4 is 4.90 Å². The van der Waals surface area contributed by atoms with Crippen molar-refractivity contribution in [1.82, 2.24) is 0 Å². The monoisotopic (exact) mass is 384 g/mol. The molecule has 0 saturated carbocycles. The van der Waals surface area contributed by atoms with Crippen molar-refractivity contribution in [3.63, 3.8) is 0 Å². The van der Waals surface area contributed by atoms with E-state index in [4.69, 9.17) is 0 Å². The van der Waals surface area contributed by atoms with Crippen LogP contribution >= 0.6 is 11.8 Å². The van der Waals surface area contributed by atoms with Crippen molar-refractivity contribution in [2.24, 2.45) is 10.9 Å². The minimum Gasteiger partial charge on any atom is -0.316 e. The number of aliphatic imine (C=N–C) groups is 1. The second-order valence-corrected chi connectivity index (χ2v) is 9.75. The summed E-state index contributed by atoms with van der Waals surface area (Å²) >= 11 is 1.34. The quantitative estimate of drug-likeness (QED) is 0.799. The fourth-order valence-corrected chi connectivity index (χ4v) is 7.21. The molecule has 136 valence electrons. The summed E-state index contributed by atoms with van der Waals surface area (Å²) in [5.41, 5.74) is 0.662. The largest absolute Gasteiger partial charge is 0.316 e. The zero-order valence-corrected chi connectivity index (χ0v) is 15.8. The van der Waals surface area contributed by atoms with Gasteiger partial charge in [0.1, 0.15) is 5.82 Å². The van der Waals surface area contributed by atoms with Gasteiger partial charge in [0.2, 0.25) is 0 Å². The van der Waals surface area contributed by atoms with Crippen LogP contribution in [0.15, 0.2) is 29.3 Å². The summed E-state index contributed by atoms with van der Waals surface area (Å²) in [5, 5.41) is 0.372. The van der Waals surface area contributed by atoms with Crippen LogP contribution in [0.25, 0.3) is 0 Å². The van der Waals surface area contributed by atoms with E-state index in [1.165, 1.54) is 23.9 Å². The average Bonchev–Trinajstić information content (AvgIpc) is 3.00.